The molecule has 6 nitrogen and oxygen atoms in total. The number of aliphatic carboxylic acids is 1. The number of benzene rings is 1. The fourth-order valence-corrected chi connectivity index (χ4v) is 4.48. The minimum atomic E-state index is -4.22. The summed E-state index contributed by atoms with van der Waals surface area (Å²) in [4.78, 5) is 12.2. The average molecular weight is 485 g/mol. The van der Waals surface area contributed by atoms with Crippen LogP contribution in [0.25, 0.3) is 0 Å². The number of hydrogen-bond acceptors (Lipinski definition) is 4. The van der Waals surface area contributed by atoms with Crippen LogP contribution in [0.2, 0.25) is 0 Å². The second-order valence-corrected chi connectivity index (χ2v) is 10.6. The van der Waals surface area contributed by atoms with Crippen LogP contribution in [0.15, 0.2) is 30.3 Å². The quantitative estimate of drug-likeness (QED) is 0.148. The maximum Gasteiger partial charge on any atom is 0.340 e. The molecule has 0 saturated heterocycles. The van der Waals surface area contributed by atoms with Crippen LogP contribution in [0.4, 0.5) is 0 Å². The van der Waals surface area contributed by atoms with Crippen LogP contribution < -0.4 is 0 Å². The molecule has 1 aromatic carbocycles. The van der Waals surface area contributed by atoms with Gasteiger partial charge >= 0.3 is 5.97 Å². The van der Waals surface area contributed by atoms with Gasteiger partial charge in [0.15, 0.2) is 5.60 Å². The van der Waals surface area contributed by atoms with Crippen LogP contribution in [0, 0.1) is 0 Å². The van der Waals surface area contributed by atoms with E-state index in [1.165, 1.54) is 64.2 Å². The summed E-state index contributed by atoms with van der Waals surface area (Å²) in [5, 5.41) is 9.97. The summed E-state index contributed by atoms with van der Waals surface area (Å²) in [6, 6.07) is 8.65. The molecule has 0 aliphatic rings. The largest absolute Gasteiger partial charge is 0.479 e. The lowest BCUT2D eigenvalue weighted by Gasteiger charge is -2.30. The molecule has 1 unspecified atom stereocenters. The van der Waals surface area contributed by atoms with Crippen LogP contribution in [-0.2, 0) is 25.3 Å². The molecule has 0 radical (unpaired) electrons. The van der Waals surface area contributed by atoms with Crippen LogP contribution in [-0.4, -0.2) is 36.4 Å². The fourth-order valence-electron chi connectivity index (χ4n) is 4.19. The Bertz CT molecular complexity index is 734. The number of carbonyl (C=O) groups is 1. The van der Waals surface area contributed by atoms with Gasteiger partial charge in [0.05, 0.1) is 12.4 Å². The van der Waals surface area contributed by atoms with Crippen molar-refractivity contribution < 1.29 is 27.6 Å². The van der Waals surface area contributed by atoms with Crippen LogP contribution in [0.3, 0.4) is 0 Å². The Labute approximate surface area is 200 Å². The smallest absolute Gasteiger partial charge is 0.340 e. The van der Waals surface area contributed by atoms with Gasteiger partial charge < -0.3 is 9.84 Å². The number of hydrogen-bond donors (Lipinski definition) is 2. The highest BCUT2D eigenvalue weighted by Gasteiger charge is 2.41. The van der Waals surface area contributed by atoms with Gasteiger partial charge in [-0.1, -0.05) is 121 Å². The van der Waals surface area contributed by atoms with Gasteiger partial charge in [0.25, 0.3) is 10.1 Å². The first kappa shape index (κ1) is 29.6. The molecular formula is C26H44O6S. The lowest BCUT2D eigenvalue weighted by atomic mass is 9.87. The summed E-state index contributed by atoms with van der Waals surface area (Å²) in [6.45, 7) is 1.87. The van der Waals surface area contributed by atoms with E-state index in [1.54, 1.807) is 30.3 Å². The number of ether oxygens (including phenoxy) is 1. The first-order valence-corrected chi connectivity index (χ1v) is 14.3. The van der Waals surface area contributed by atoms with Gasteiger partial charge in [0.2, 0.25) is 0 Å². The Morgan fingerprint density at radius 2 is 1.27 bits per heavy atom. The Morgan fingerprint density at radius 3 is 1.70 bits per heavy atom. The molecule has 0 spiro atoms. The second-order valence-electron chi connectivity index (χ2n) is 8.98. The molecule has 0 saturated carbocycles. The average Bonchev–Trinajstić information content (AvgIpc) is 2.77. The third-order valence-corrected chi connectivity index (χ3v) is 6.84. The molecule has 2 N–H and O–H groups in total. The standard InChI is InChI=1S/C26H44O6S/c1-2-3-4-5-6-7-8-9-10-11-12-13-14-18-21-26(25(27)28,24-19-16-15-17-20-24)32-22-23-33(29,30)31/h15-17,19-20H,2-14,18,21-23H2,1H3,(H,27,28)(H,29,30,31). The number of unbranched alkanes of at least 4 members (excludes halogenated alkanes) is 13. The van der Waals surface area contributed by atoms with Gasteiger partial charge in [0.1, 0.15) is 0 Å². The monoisotopic (exact) mass is 484 g/mol. The highest BCUT2D eigenvalue weighted by atomic mass is 32.2. The zero-order valence-electron chi connectivity index (χ0n) is 20.3. The summed E-state index contributed by atoms with van der Waals surface area (Å²) in [6.07, 6.45) is 17.2. The summed E-state index contributed by atoms with van der Waals surface area (Å²) in [7, 11) is -4.22. The van der Waals surface area contributed by atoms with Crippen LogP contribution in [0.5, 0.6) is 0 Å². The van der Waals surface area contributed by atoms with E-state index in [0.717, 1.165) is 19.3 Å². The molecule has 33 heavy (non-hydrogen) atoms. The second kappa shape index (κ2) is 17.1. The van der Waals surface area contributed by atoms with E-state index in [2.05, 4.69) is 6.92 Å². The first-order chi connectivity index (χ1) is 15.8. The van der Waals surface area contributed by atoms with Crippen molar-refractivity contribution in [3.05, 3.63) is 35.9 Å². The maximum atomic E-state index is 12.2. The highest BCUT2D eigenvalue weighted by molar-refractivity contribution is 7.85. The maximum absolute atomic E-state index is 12.2. The number of carboxylic acid groups (broad SMARTS) is 1. The van der Waals surface area contributed by atoms with Gasteiger partial charge in [0, 0.05) is 0 Å². The predicted molar refractivity (Wildman–Crippen MR) is 133 cm³/mol. The normalized spacial score (nSPS) is 13.6. The molecule has 190 valence electrons. The Balaban J connectivity index is 2.35. The van der Waals surface area contributed by atoms with Crippen molar-refractivity contribution in [3.8, 4) is 0 Å². The molecule has 7 heteroatoms. The molecule has 1 atom stereocenters. The van der Waals surface area contributed by atoms with Crippen LogP contribution >= 0.6 is 0 Å². The van der Waals surface area contributed by atoms with Gasteiger partial charge in [-0.2, -0.15) is 8.42 Å². The third kappa shape index (κ3) is 13.1. The molecule has 0 heterocycles. The SMILES string of the molecule is CCCCCCCCCCCCCCCCC(OCCS(=O)(=O)O)(C(=O)O)c1ccccc1. The topological polar surface area (TPSA) is 101 Å². The summed E-state index contributed by atoms with van der Waals surface area (Å²) < 4.78 is 36.7. The minimum Gasteiger partial charge on any atom is -0.479 e. The van der Waals surface area contributed by atoms with E-state index in [9.17, 15) is 18.3 Å². The Morgan fingerprint density at radius 1 is 0.818 bits per heavy atom. The predicted octanol–water partition coefficient (Wildman–Crippen LogP) is 6.74. The van der Waals surface area contributed by atoms with Gasteiger partial charge in [-0.3, -0.25) is 4.55 Å². The lowest BCUT2D eigenvalue weighted by Crippen LogP contribution is -2.40. The zero-order valence-corrected chi connectivity index (χ0v) is 21.2. The molecule has 0 aromatic heterocycles. The lowest BCUT2D eigenvalue weighted by molar-refractivity contribution is -0.168. The van der Waals surface area contributed by atoms with Crippen molar-refractivity contribution in [2.75, 3.05) is 12.4 Å². The van der Waals surface area contributed by atoms with Crippen molar-refractivity contribution in [1.82, 2.24) is 0 Å². The summed E-state index contributed by atoms with van der Waals surface area (Å²) in [5.74, 6) is -1.77. The van der Waals surface area contributed by atoms with Gasteiger partial charge in [-0.25, -0.2) is 4.79 Å². The van der Waals surface area contributed by atoms with Crippen LogP contribution in [0.1, 0.15) is 109 Å². The fraction of sp³-hybridized carbons (Fsp3) is 0.731. The van der Waals surface area contributed by atoms with Crippen molar-refractivity contribution in [2.24, 2.45) is 0 Å². The molecule has 0 amide bonds. The highest BCUT2D eigenvalue weighted by Crippen LogP contribution is 2.32. The molecule has 0 fully saturated rings. The zero-order chi connectivity index (χ0) is 24.4. The van der Waals surface area contributed by atoms with Crippen molar-refractivity contribution in [2.45, 2.75) is 109 Å². The molecule has 0 aliphatic carbocycles. The molecular weight excluding hydrogens is 440 g/mol. The van der Waals surface area contributed by atoms with E-state index >= 15 is 0 Å². The number of rotatable bonds is 21. The van der Waals surface area contributed by atoms with E-state index in [4.69, 9.17) is 9.29 Å². The molecule has 0 aliphatic heterocycles. The Kier molecular flexibility index (Phi) is 15.3. The summed E-state index contributed by atoms with van der Waals surface area (Å²) >= 11 is 0. The summed E-state index contributed by atoms with van der Waals surface area (Å²) in [5.41, 5.74) is -1.12. The first-order valence-electron chi connectivity index (χ1n) is 12.7. The molecule has 1 aromatic rings. The van der Waals surface area contributed by atoms with Crippen molar-refractivity contribution in [1.29, 1.82) is 0 Å². The van der Waals surface area contributed by atoms with E-state index in [0.29, 0.717) is 12.0 Å². The Hall–Kier alpha value is -1.44. The number of carboxylic acids is 1. The van der Waals surface area contributed by atoms with E-state index < -0.39 is 27.4 Å². The van der Waals surface area contributed by atoms with E-state index in [-0.39, 0.29) is 13.0 Å². The van der Waals surface area contributed by atoms with Crippen molar-refractivity contribution >= 4 is 16.1 Å². The molecule has 1 rings (SSSR count). The van der Waals surface area contributed by atoms with Gasteiger partial charge in [-0.15, -0.1) is 0 Å². The minimum absolute atomic E-state index is 0.260. The van der Waals surface area contributed by atoms with E-state index in [1.807, 2.05) is 0 Å². The third-order valence-electron chi connectivity index (χ3n) is 6.16. The van der Waals surface area contributed by atoms with Crippen molar-refractivity contribution in [3.63, 3.8) is 0 Å². The molecule has 0 bridgehead atoms. The van der Waals surface area contributed by atoms with Gasteiger partial charge in [-0.05, 0) is 18.4 Å².